The normalized spacial score (nSPS) is 29.2. The second kappa shape index (κ2) is 2.48. The van der Waals surface area contributed by atoms with Crippen LogP contribution in [0.3, 0.4) is 0 Å². The summed E-state index contributed by atoms with van der Waals surface area (Å²) in [6.45, 7) is 1.18. The molecule has 1 saturated heterocycles. The Bertz CT molecular complexity index is 212. The Hall–Kier alpha value is -0.130. The van der Waals surface area contributed by atoms with Gasteiger partial charge < -0.3 is 0 Å². The second-order valence-corrected chi connectivity index (χ2v) is 5.06. The SMILES string of the molecule is CS(=O)(=O)C1CCN(N)C1. The topological polar surface area (TPSA) is 63.4 Å². The first kappa shape index (κ1) is 7.97. The van der Waals surface area contributed by atoms with Crippen molar-refractivity contribution in [2.45, 2.75) is 11.7 Å². The van der Waals surface area contributed by atoms with Gasteiger partial charge in [-0.1, -0.05) is 0 Å². The number of hydrogen-bond donors (Lipinski definition) is 1. The Kier molecular flexibility index (Phi) is 1.98. The maximum atomic E-state index is 10.9. The van der Waals surface area contributed by atoms with Crippen LogP contribution in [0.15, 0.2) is 0 Å². The highest BCUT2D eigenvalue weighted by Crippen LogP contribution is 2.12. The number of nitrogens with zero attached hydrogens (tertiary/aromatic N) is 1. The number of nitrogens with two attached hydrogens (primary N) is 1. The van der Waals surface area contributed by atoms with Crippen molar-refractivity contribution in [1.82, 2.24) is 5.01 Å². The fourth-order valence-corrected chi connectivity index (χ4v) is 2.10. The van der Waals surface area contributed by atoms with E-state index in [0.29, 0.717) is 19.5 Å². The van der Waals surface area contributed by atoms with Crippen LogP contribution in [-0.4, -0.2) is 38.0 Å². The zero-order valence-corrected chi connectivity index (χ0v) is 6.76. The van der Waals surface area contributed by atoms with Crippen LogP contribution in [0, 0.1) is 0 Å². The predicted octanol–water partition coefficient (Wildman–Crippen LogP) is -1.02. The molecule has 1 unspecified atom stereocenters. The lowest BCUT2D eigenvalue weighted by Crippen LogP contribution is -2.31. The molecule has 1 rings (SSSR count). The summed E-state index contributed by atoms with van der Waals surface area (Å²) in [7, 11) is -2.86. The molecule has 10 heavy (non-hydrogen) atoms. The summed E-state index contributed by atoms with van der Waals surface area (Å²) < 4.78 is 21.8. The van der Waals surface area contributed by atoms with Crippen molar-refractivity contribution in [3.8, 4) is 0 Å². The molecule has 1 aliphatic rings. The van der Waals surface area contributed by atoms with E-state index >= 15 is 0 Å². The van der Waals surface area contributed by atoms with E-state index in [9.17, 15) is 8.42 Å². The average molecular weight is 164 g/mol. The molecule has 0 bridgehead atoms. The van der Waals surface area contributed by atoms with E-state index in [4.69, 9.17) is 5.84 Å². The summed E-state index contributed by atoms with van der Waals surface area (Å²) >= 11 is 0. The number of rotatable bonds is 1. The van der Waals surface area contributed by atoms with E-state index in [0.717, 1.165) is 0 Å². The van der Waals surface area contributed by atoms with E-state index in [1.54, 1.807) is 5.01 Å². The zero-order valence-electron chi connectivity index (χ0n) is 5.95. The minimum Gasteiger partial charge on any atom is -0.269 e. The average Bonchev–Trinajstić information content (AvgIpc) is 2.11. The molecule has 0 spiro atoms. The van der Waals surface area contributed by atoms with Crippen molar-refractivity contribution in [1.29, 1.82) is 0 Å². The highest BCUT2D eigenvalue weighted by Gasteiger charge is 2.27. The van der Waals surface area contributed by atoms with Gasteiger partial charge in [0.1, 0.15) is 0 Å². The Morgan fingerprint density at radius 1 is 1.60 bits per heavy atom. The fourth-order valence-electron chi connectivity index (χ4n) is 1.10. The Morgan fingerprint density at radius 2 is 2.20 bits per heavy atom. The predicted molar refractivity (Wildman–Crippen MR) is 39.0 cm³/mol. The summed E-state index contributed by atoms with van der Waals surface area (Å²) in [6.07, 6.45) is 1.94. The first-order chi connectivity index (χ1) is 4.50. The highest BCUT2D eigenvalue weighted by molar-refractivity contribution is 7.91. The number of hydrazine groups is 1. The van der Waals surface area contributed by atoms with E-state index < -0.39 is 9.84 Å². The molecule has 0 aromatic rings. The van der Waals surface area contributed by atoms with Crippen molar-refractivity contribution in [2.75, 3.05) is 19.3 Å². The molecule has 5 heteroatoms. The fraction of sp³-hybridized carbons (Fsp3) is 1.00. The third-order valence-corrected chi connectivity index (χ3v) is 3.38. The molecule has 1 heterocycles. The van der Waals surface area contributed by atoms with Gasteiger partial charge in [-0.2, -0.15) is 0 Å². The molecule has 0 radical (unpaired) electrons. The van der Waals surface area contributed by atoms with Gasteiger partial charge in [0.2, 0.25) is 0 Å². The molecule has 0 aromatic heterocycles. The third kappa shape index (κ3) is 1.68. The van der Waals surface area contributed by atoms with Gasteiger partial charge >= 0.3 is 0 Å². The quantitative estimate of drug-likeness (QED) is 0.504. The van der Waals surface area contributed by atoms with Crippen LogP contribution in [0.4, 0.5) is 0 Å². The van der Waals surface area contributed by atoms with Crippen LogP contribution in [0.1, 0.15) is 6.42 Å². The maximum Gasteiger partial charge on any atom is 0.151 e. The van der Waals surface area contributed by atoms with Crippen molar-refractivity contribution < 1.29 is 8.42 Å². The van der Waals surface area contributed by atoms with Crippen LogP contribution in [0.25, 0.3) is 0 Å². The van der Waals surface area contributed by atoms with Crippen molar-refractivity contribution in [3.63, 3.8) is 0 Å². The van der Waals surface area contributed by atoms with Gasteiger partial charge in [-0.15, -0.1) is 0 Å². The number of hydrogen-bond acceptors (Lipinski definition) is 4. The highest BCUT2D eigenvalue weighted by atomic mass is 32.2. The molecule has 60 valence electrons. The van der Waals surface area contributed by atoms with Gasteiger partial charge in [0.25, 0.3) is 0 Å². The van der Waals surface area contributed by atoms with Crippen LogP contribution < -0.4 is 5.84 Å². The van der Waals surface area contributed by atoms with Gasteiger partial charge in [-0.3, -0.25) is 5.84 Å². The summed E-state index contributed by atoms with van der Waals surface area (Å²) in [5.74, 6) is 5.39. The zero-order chi connectivity index (χ0) is 7.78. The summed E-state index contributed by atoms with van der Waals surface area (Å²) in [5, 5.41) is 1.31. The van der Waals surface area contributed by atoms with Crippen LogP contribution in [0.2, 0.25) is 0 Å². The lowest BCUT2D eigenvalue weighted by molar-refractivity contribution is 0.355. The second-order valence-electron chi connectivity index (χ2n) is 2.74. The number of sulfone groups is 1. The summed E-state index contributed by atoms with van der Waals surface area (Å²) in [5.41, 5.74) is 0. The lowest BCUT2D eigenvalue weighted by atomic mass is 10.4. The van der Waals surface area contributed by atoms with Gasteiger partial charge in [-0.25, -0.2) is 13.4 Å². The molecule has 2 N–H and O–H groups in total. The molecule has 0 saturated carbocycles. The Labute approximate surface area is 60.9 Å². The molecule has 1 fully saturated rings. The van der Waals surface area contributed by atoms with Crippen LogP contribution in [0.5, 0.6) is 0 Å². The van der Waals surface area contributed by atoms with Crippen LogP contribution in [-0.2, 0) is 9.84 Å². The molecule has 1 aliphatic heterocycles. The molecule has 0 aliphatic carbocycles. The van der Waals surface area contributed by atoms with Gasteiger partial charge in [0, 0.05) is 19.3 Å². The van der Waals surface area contributed by atoms with Gasteiger partial charge in [0.05, 0.1) is 5.25 Å². The Morgan fingerprint density at radius 3 is 2.40 bits per heavy atom. The minimum absolute atomic E-state index is 0.238. The molecule has 0 amide bonds. The minimum atomic E-state index is -2.86. The van der Waals surface area contributed by atoms with E-state index in [1.807, 2.05) is 0 Å². The molecule has 4 nitrogen and oxygen atoms in total. The lowest BCUT2D eigenvalue weighted by Gasteiger charge is -2.06. The van der Waals surface area contributed by atoms with Gasteiger partial charge in [-0.05, 0) is 6.42 Å². The molecule has 1 atom stereocenters. The monoisotopic (exact) mass is 164 g/mol. The Balaban J connectivity index is 2.62. The molecular formula is C5H12N2O2S. The standard InChI is InChI=1S/C5H12N2O2S/c1-10(8,9)5-2-3-7(6)4-5/h5H,2-4,6H2,1H3. The van der Waals surface area contributed by atoms with Crippen molar-refractivity contribution in [3.05, 3.63) is 0 Å². The summed E-state index contributed by atoms with van der Waals surface area (Å²) in [4.78, 5) is 0. The van der Waals surface area contributed by atoms with E-state index in [1.165, 1.54) is 6.26 Å². The molecule has 0 aromatic carbocycles. The first-order valence-corrected chi connectivity index (χ1v) is 5.14. The van der Waals surface area contributed by atoms with E-state index in [2.05, 4.69) is 0 Å². The smallest absolute Gasteiger partial charge is 0.151 e. The van der Waals surface area contributed by atoms with Crippen molar-refractivity contribution in [2.24, 2.45) is 5.84 Å². The van der Waals surface area contributed by atoms with Crippen molar-refractivity contribution >= 4 is 9.84 Å². The van der Waals surface area contributed by atoms with Gasteiger partial charge in [0.15, 0.2) is 9.84 Å². The molecular weight excluding hydrogens is 152 g/mol. The van der Waals surface area contributed by atoms with E-state index in [-0.39, 0.29) is 5.25 Å². The first-order valence-electron chi connectivity index (χ1n) is 3.18. The summed E-state index contributed by atoms with van der Waals surface area (Å²) in [6, 6.07) is 0. The third-order valence-electron chi connectivity index (χ3n) is 1.78. The maximum absolute atomic E-state index is 10.9. The largest absolute Gasteiger partial charge is 0.269 e. The van der Waals surface area contributed by atoms with Crippen LogP contribution >= 0.6 is 0 Å².